The van der Waals surface area contributed by atoms with Gasteiger partial charge in [0.15, 0.2) is 17.6 Å². The Morgan fingerprint density at radius 3 is 2.42 bits per heavy atom. The average Bonchev–Trinajstić information content (AvgIpc) is 3.47. The van der Waals surface area contributed by atoms with Gasteiger partial charge in [-0.15, -0.1) is 0 Å². The predicted octanol–water partition coefficient (Wildman–Crippen LogP) is 5.73. The smallest absolute Gasteiger partial charge is 0.303 e. The van der Waals surface area contributed by atoms with Crippen molar-refractivity contribution in [2.24, 2.45) is 13.0 Å². The summed E-state index contributed by atoms with van der Waals surface area (Å²) in [5, 5.41) is 13.3. The highest BCUT2D eigenvalue weighted by atomic mass is 32.2. The third-order valence-corrected chi connectivity index (χ3v) is 9.10. The van der Waals surface area contributed by atoms with E-state index in [0.29, 0.717) is 12.3 Å². The summed E-state index contributed by atoms with van der Waals surface area (Å²) < 4.78 is 20.2. The van der Waals surface area contributed by atoms with Gasteiger partial charge in [-0.25, -0.2) is 4.98 Å². The van der Waals surface area contributed by atoms with E-state index < -0.39 is 18.4 Å². The Bertz CT molecular complexity index is 1590. The number of hydrogen-bond acceptors (Lipinski definition) is 8. The van der Waals surface area contributed by atoms with Crippen LogP contribution in [0.3, 0.4) is 0 Å². The van der Waals surface area contributed by atoms with Gasteiger partial charge in [-0.3, -0.25) is 9.59 Å². The van der Waals surface area contributed by atoms with Gasteiger partial charge in [0.05, 0.1) is 18.8 Å². The van der Waals surface area contributed by atoms with Crippen LogP contribution in [-0.4, -0.2) is 44.5 Å². The predicted molar refractivity (Wildman–Crippen MR) is 172 cm³/mol. The molecule has 0 bridgehead atoms. The fourth-order valence-electron chi connectivity index (χ4n) is 5.36. The maximum Gasteiger partial charge on any atom is 0.303 e. The number of aliphatic hydroxyl groups is 1. The van der Waals surface area contributed by atoms with Crippen molar-refractivity contribution in [3.05, 3.63) is 107 Å². The minimum absolute atomic E-state index is 0.00866. The van der Waals surface area contributed by atoms with Crippen molar-refractivity contribution in [1.29, 1.82) is 0 Å². The van der Waals surface area contributed by atoms with Crippen LogP contribution in [0.4, 0.5) is 0 Å². The molecule has 1 aliphatic heterocycles. The molecule has 1 aliphatic rings. The Balaban J connectivity index is 1.34. The molecule has 9 nitrogen and oxygen atoms in total. The topological polar surface area (TPSA) is 112 Å². The van der Waals surface area contributed by atoms with Crippen LogP contribution in [0.5, 0.6) is 0 Å². The molecule has 45 heavy (non-hydrogen) atoms. The second-order valence-electron chi connectivity index (χ2n) is 11.2. The number of aryl methyl sites for hydroxylation is 1. The van der Waals surface area contributed by atoms with Crippen molar-refractivity contribution >= 4 is 23.6 Å². The quantitative estimate of drug-likeness (QED) is 0.160. The minimum Gasteiger partial charge on any atom is -0.453 e. The molecule has 10 heteroatoms. The summed E-state index contributed by atoms with van der Waals surface area (Å²) in [5.74, 6) is -0.0708. The summed E-state index contributed by atoms with van der Waals surface area (Å²) in [5.41, 5.74) is 5.69. The van der Waals surface area contributed by atoms with Gasteiger partial charge in [0, 0.05) is 50.1 Å². The van der Waals surface area contributed by atoms with Crippen LogP contribution in [0.1, 0.15) is 55.4 Å². The summed E-state index contributed by atoms with van der Waals surface area (Å²) in [7, 11) is 1.98. The average molecular weight is 630 g/mol. The molecule has 0 saturated carbocycles. The normalized spacial score (nSPS) is 20.4. The standard InChI is InChI=1S/C35H39N3O6S/c1-22-31(21-45-35-36-17-18-38(35)4)43-34(44-32(22)27-11-9-25(20-39)10-12-27)28-15-13-26(14-16-28)30-8-6-5-7-29(30)19-37-33(41)23(2)42-24(3)40/h5-18,22-23,31-32,34,39H,19-21H2,1-4H3,(H,37,41). The van der Waals surface area contributed by atoms with Gasteiger partial charge in [0.2, 0.25) is 0 Å². The lowest BCUT2D eigenvalue weighted by Gasteiger charge is -2.41. The van der Waals surface area contributed by atoms with Gasteiger partial charge in [-0.2, -0.15) is 0 Å². The second kappa shape index (κ2) is 14.9. The first-order chi connectivity index (χ1) is 21.7. The molecule has 0 aliphatic carbocycles. The second-order valence-corrected chi connectivity index (χ2v) is 12.2. The van der Waals surface area contributed by atoms with Gasteiger partial charge in [0.1, 0.15) is 0 Å². The third kappa shape index (κ3) is 8.01. The summed E-state index contributed by atoms with van der Waals surface area (Å²) >= 11 is 1.66. The molecule has 4 aromatic rings. The number of carbonyl (C=O) groups excluding carboxylic acids is 2. The van der Waals surface area contributed by atoms with Crippen molar-refractivity contribution < 1.29 is 28.9 Å². The highest BCUT2D eigenvalue weighted by molar-refractivity contribution is 7.99. The molecule has 1 aromatic heterocycles. The van der Waals surface area contributed by atoms with Crippen LogP contribution in [-0.2, 0) is 44.0 Å². The highest BCUT2D eigenvalue weighted by Gasteiger charge is 2.38. The van der Waals surface area contributed by atoms with E-state index in [9.17, 15) is 14.7 Å². The lowest BCUT2D eigenvalue weighted by Crippen LogP contribution is -2.38. The Morgan fingerprint density at radius 1 is 1.04 bits per heavy atom. The summed E-state index contributed by atoms with van der Waals surface area (Å²) in [6.07, 6.45) is 1.97. The van der Waals surface area contributed by atoms with Crippen LogP contribution >= 0.6 is 11.8 Å². The molecule has 5 unspecified atom stereocenters. The summed E-state index contributed by atoms with van der Waals surface area (Å²) in [6.45, 7) is 5.26. The number of thioether (sulfide) groups is 1. The zero-order valence-electron chi connectivity index (χ0n) is 25.9. The number of aliphatic hydroxyl groups excluding tert-OH is 1. The fourth-order valence-corrected chi connectivity index (χ4v) is 6.46. The fraction of sp³-hybridized carbons (Fsp3) is 0.343. The van der Waals surface area contributed by atoms with Gasteiger partial charge in [-0.05, 0) is 34.7 Å². The van der Waals surface area contributed by atoms with Crippen LogP contribution in [0.2, 0.25) is 0 Å². The van der Waals surface area contributed by atoms with Crippen molar-refractivity contribution in [2.75, 3.05) is 5.75 Å². The van der Waals surface area contributed by atoms with Gasteiger partial charge >= 0.3 is 5.97 Å². The van der Waals surface area contributed by atoms with Crippen LogP contribution in [0.25, 0.3) is 11.1 Å². The molecule has 1 fully saturated rings. The zero-order chi connectivity index (χ0) is 31.9. The molecule has 3 aromatic carbocycles. The number of benzene rings is 3. The number of imidazole rings is 1. The van der Waals surface area contributed by atoms with Gasteiger partial charge < -0.3 is 29.2 Å². The van der Waals surface area contributed by atoms with Crippen molar-refractivity contribution in [3.8, 4) is 11.1 Å². The number of ether oxygens (including phenoxy) is 3. The monoisotopic (exact) mass is 629 g/mol. The summed E-state index contributed by atoms with van der Waals surface area (Å²) in [4.78, 5) is 28.1. The number of nitrogens with zero attached hydrogens (tertiary/aromatic N) is 2. The number of amides is 1. The van der Waals surface area contributed by atoms with Crippen molar-refractivity contribution in [2.45, 2.75) is 63.7 Å². The maximum absolute atomic E-state index is 12.4. The first kappa shape index (κ1) is 32.4. The lowest BCUT2D eigenvalue weighted by atomic mass is 9.91. The number of rotatable bonds is 11. The maximum atomic E-state index is 12.4. The number of esters is 1. The van der Waals surface area contributed by atoms with Gasteiger partial charge in [0.25, 0.3) is 5.91 Å². The lowest BCUT2D eigenvalue weighted by molar-refractivity contribution is -0.268. The van der Waals surface area contributed by atoms with Gasteiger partial charge in [-0.1, -0.05) is 91.5 Å². The van der Waals surface area contributed by atoms with E-state index in [0.717, 1.165) is 38.5 Å². The molecule has 5 rings (SSSR count). The molecule has 236 valence electrons. The zero-order valence-corrected chi connectivity index (χ0v) is 26.7. The minimum atomic E-state index is -0.866. The molecule has 5 atom stereocenters. The van der Waals surface area contributed by atoms with E-state index in [1.54, 1.807) is 24.9 Å². The molecule has 1 saturated heterocycles. The first-order valence-electron chi connectivity index (χ1n) is 15.0. The van der Waals surface area contributed by atoms with E-state index >= 15 is 0 Å². The molecule has 1 amide bonds. The van der Waals surface area contributed by atoms with E-state index in [2.05, 4.69) is 17.2 Å². The van der Waals surface area contributed by atoms with Crippen molar-refractivity contribution in [3.63, 3.8) is 0 Å². The number of aromatic nitrogens is 2. The Labute approximate surface area is 267 Å². The molecule has 2 N–H and O–H groups in total. The summed E-state index contributed by atoms with van der Waals surface area (Å²) in [6, 6.07) is 23.9. The Hall–Kier alpha value is -3.96. The Kier molecular flexibility index (Phi) is 10.7. The molecular weight excluding hydrogens is 590 g/mol. The van der Waals surface area contributed by atoms with E-state index in [4.69, 9.17) is 14.2 Å². The molecular formula is C35H39N3O6S. The molecule has 2 heterocycles. The van der Waals surface area contributed by atoms with Crippen LogP contribution < -0.4 is 5.32 Å². The molecule has 0 spiro atoms. The van der Waals surface area contributed by atoms with E-state index in [1.807, 2.05) is 90.6 Å². The van der Waals surface area contributed by atoms with Crippen molar-refractivity contribution in [1.82, 2.24) is 14.9 Å². The van der Waals surface area contributed by atoms with Crippen LogP contribution in [0.15, 0.2) is 90.3 Å². The number of carbonyl (C=O) groups is 2. The number of nitrogens with one attached hydrogen (secondary N) is 1. The first-order valence-corrected chi connectivity index (χ1v) is 16.0. The third-order valence-electron chi connectivity index (χ3n) is 7.95. The highest BCUT2D eigenvalue weighted by Crippen LogP contribution is 2.43. The van der Waals surface area contributed by atoms with Crippen LogP contribution in [0, 0.1) is 5.92 Å². The number of hydrogen-bond donors (Lipinski definition) is 2. The Morgan fingerprint density at radius 2 is 1.76 bits per heavy atom. The van der Waals surface area contributed by atoms with E-state index in [1.165, 1.54) is 6.92 Å². The largest absolute Gasteiger partial charge is 0.453 e. The SMILES string of the molecule is CC(=O)OC(C)C(=O)NCc1ccccc1-c1ccc(C2OC(CSc3nccn3C)C(C)C(c3ccc(CO)cc3)O2)cc1. The molecule has 0 radical (unpaired) electrons. The van der Waals surface area contributed by atoms with E-state index in [-0.39, 0.29) is 30.6 Å².